The first-order chi connectivity index (χ1) is 11.1. The summed E-state index contributed by atoms with van der Waals surface area (Å²) in [6.45, 7) is 7.04. The Morgan fingerprint density at radius 3 is 2.74 bits per heavy atom. The monoisotopic (exact) mass is 336 g/mol. The van der Waals surface area contributed by atoms with E-state index in [9.17, 15) is 4.79 Å². The van der Waals surface area contributed by atoms with E-state index in [0.29, 0.717) is 30.5 Å². The van der Waals surface area contributed by atoms with Crippen LogP contribution >= 0.6 is 11.3 Å². The maximum absolute atomic E-state index is 13.0. The number of thiophene rings is 1. The van der Waals surface area contributed by atoms with Gasteiger partial charge in [-0.3, -0.25) is 4.79 Å². The molecule has 2 aromatic rings. The van der Waals surface area contributed by atoms with Crippen molar-refractivity contribution in [2.24, 2.45) is 0 Å². The molecule has 0 saturated carbocycles. The van der Waals surface area contributed by atoms with E-state index in [1.807, 2.05) is 22.4 Å². The van der Waals surface area contributed by atoms with Gasteiger partial charge < -0.3 is 14.1 Å². The molecular formula is C17H24N2O3S. The van der Waals surface area contributed by atoms with Crippen LogP contribution in [0.2, 0.25) is 0 Å². The minimum atomic E-state index is -0.0835. The Bertz CT molecular complexity index is 618. The largest absolute Gasteiger partial charge is 0.440 e. The first-order valence-corrected chi connectivity index (χ1v) is 8.81. The fourth-order valence-corrected chi connectivity index (χ4v) is 3.25. The Hall–Kier alpha value is -1.66. The maximum Gasteiger partial charge on any atom is 0.276 e. The lowest BCUT2D eigenvalue weighted by atomic mass is 10.1. The van der Waals surface area contributed by atoms with Crippen molar-refractivity contribution in [3.8, 4) is 10.8 Å². The molecule has 0 fully saturated rings. The summed E-state index contributed by atoms with van der Waals surface area (Å²) in [5.74, 6) is 0.990. The van der Waals surface area contributed by atoms with Crippen molar-refractivity contribution in [3.63, 3.8) is 0 Å². The van der Waals surface area contributed by atoms with Gasteiger partial charge in [0.05, 0.1) is 11.5 Å². The molecule has 0 aliphatic heterocycles. The fraction of sp³-hybridized carbons (Fsp3) is 0.529. The molecule has 0 atom stereocenters. The van der Waals surface area contributed by atoms with Crippen LogP contribution in [0.25, 0.3) is 10.8 Å². The van der Waals surface area contributed by atoms with Crippen LogP contribution in [-0.2, 0) is 4.74 Å². The highest BCUT2D eigenvalue weighted by Crippen LogP contribution is 2.27. The molecule has 2 aromatic heterocycles. The molecule has 0 saturated heterocycles. The van der Waals surface area contributed by atoms with E-state index < -0.39 is 0 Å². The van der Waals surface area contributed by atoms with Crippen LogP contribution in [0.1, 0.15) is 42.9 Å². The van der Waals surface area contributed by atoms with Crippen molar-refractivity contribution in [2.45, 2.75) is 39.7 Å². The molecule has 6 heteroatoms. The second-order valence-corrected chi connectivity index (χ2v) is 6.31. The van der Waals surface area contributed by atoms with Gasteiger partial charge in [-0.1, -0.05) is 19.9 Å². The number of nitrogens with zero attached hydrogens (tertiary/aromatic N) is 2. The van der Waals surface area contributed by atoms with Gasteiger partial charge in [0, 0.05) is 19.7 Å². The van der Waals surface area contributed by atoms with Crippen LogP contribution < -0.4 is 0 Å². The predicted molar refractivity (Wildman–Crippen MR) is 91.8 cm³/mol. The number of rotatable bonds is 8. The average molecular weight is 336 g/mol. The zero-order valence-electron chi connectivity index (χ0n) is 14.2. The average Bonchev–Trinajstić information content (AvgIpc) is 3.20. The first-order valence-electron chi connectivity index (χ1n) is 7.93. The lowest BCUT2D eigenvalue weighted by molar-refractivity contribution is 0.0582. The summed E-state index contributed by atoms with van der Waals surface area (Å²) in [4.78, 5) is 20.2. The van der Waals surface area contributed by atoms with Crippen LogP contribution in [0.3, 0.4) is 0 Å². The van der Waals surface area contributed by atoms with Crippen LogP contribution in [0, 0.1) is 6.92 Å². The summed E-state index contributed by atoms with van der Waals surface area (Å²) in [5.41, 5.74) is 0.399. The number of methoxy groups -OCH3 is 1. The highest BCUT2D eigenvalue weighted by atomic mass is 32.1. The second kappa shape index (κ2) is 8.26. The number of carbonyl (C=O) groups excluding carboxylic acids is 1. The van der Waals surface area contributed by atoms with Crippen molar-refractivity contribution >= 4 is 17.2 Å². The van der Waals surface area contributed by atoms with Gasteiger partial charge in [-0.25, -0.2) is 4.98 Å². The molecule has 0 aliphatic carbocycles. The van der Waals surface area contributed by atoms with Gasteiger partial charge in [0.1, 0.15) is 5.76 Å². The van der Waals surface area contributed by atoms with Gasteiger partial charge in [-0.2, -0.15) is 0 Å². The number of amides is 1. The molecule has 1 amide bonds. The summed E-state index contributed by atoms with van der Waals surface area (Å²) in [6, 6.07) is 4.06. The SMILES string of the molecule is CCC(CC)N(CCOC)C(=O)c1nc(-c2cccs2)oc1C. The van der Waals surface area contributed by atoms with Crippen LogP contribution in [-0.4, -0.2) is 42.1 Å². The predicted octanol–water partition coefficient (Wildman–Crippen LogP) is 3.99. The standard InChI is InChI=1S/C17H24N2O3S/c1-5-13(6-2)19(9-10-21-4)17(20)15-12(3)22-16(18-15)14-8-7-11-23-14/h7-8,11,13H,5-6,9-10H2,1-4H3. The molecular weight excluding hydrogens is 312 g/mol. The van der Waals surface area contributed by atoms with Gasteiger partial charge in [-0.05, 0) is 31.2 Å². The van der Waals surface area contributed by atoms with Gasteiger partial charge in [0.25, 0.3) is 5.91 Å². The number of ether oxygens (including phenoxy) is 1. The molecule has 0 spiro atoms. The van der Waals surface area contributed by atoms with Crippen LogP contribution in [0.5, 0.6) is 0 Å². The van der Waals surface area contributed by atoms with E-state index in [0.717, 1.165) is 17.7 Å². The third-order valence-corrected chi connectivity index (χ3v) is 4.77. The minimum absolute atomic E-state index is 0.0835. The van der Waals surface area contributed by atoms with E-state index in [-0.39, 0.29) is 11.9 Å². The molecule has 0 aliphatic rings. The normalized spacial score (nSPS) is 11.2. The molecule has 5 nitrogen and oxygen atoms in total. The molecule has 0 unspecified atom stereocenters. The Kier molecular flexibility index (Phi) is 6.36. The molecule has 126 valence electrons. The zero-order valence-corrected chi connectivity index (χ0v) is 15.0. The van der Waals surface area contributed by atoms with E-state index in [4.69, 9.17) is 9.15 Å². The van der Waals surface area contributed by atoms with Gasteiger partial charge in [-0.15, -0.1) is 11.3 Å². The quantitative estimate of drug-likeness (QED) is 0.731. The Balaban J connectivity index is 2.28. The minimum Gasteiger partial charge on any atom is -0.440 e. The molecule has 0 radical (unpaired) electrons. The fourth-order valence-electron chi connectivity index (χ4n) is 2.61. The van der Waals surface area contributed by atoms with Crippen LogP contribution in [0.4, 0.5) is 0 Å². The van der Waals surface area contributed by atoms with Gasteiger partial charge in [0.15, 0.2) is 5.69 Å². The van der Waals surface area contributed by atoms with E-state index >= 15 is 0 Å². The Labute approximate surface area is 141 Å². The van der Waals surface area contributed by atoms with Crippen molar-refractivity contribution in [1.82, 2.24) is 9.88 Å². The highest BCUT2D eigenvalue weighted by molar-refractivity contribution is 7.13. The van der Waals surface area contributed by atoms with Gasteiger partial charge in [0.2, 0.25) is 5.89 Å². The molecule has 0 N–H and O–H groups in total. The lowest BCUT2D eigenvalue weighted by Crippen LogP contribution is -2.42. The molecule has 0 aromatic carbocycles. The first kappa shape index (κ1) is 17.7. The highest BCUT2D eigenvalue weighted by Gasteiger charge is 2.27. The third kappa shape index (κ3) is 4.00. The van der Waals surface area contributed by atoms with Gasteiger partial charge >= 0.3 is 0 Å². The summed E-state index contributed by atoms with van der Waals surface area (Å²) in [5, 5.41) is 1.96. The number of hydrogen-bond acceptors (Lipinski definition) is 5. The van der Waals surface area contributed by atoms with Crippen molar-refractivity contribution in [1.29, 1.82) is 0 Å². The van der Waals surface area contributed by atoms with Crippen molar-refractivity contribution in [3.05, 3.63) is 29.0 Å². The molecule has 23 heavy (non-hydrogen) atoms. The Morgan fingerprint density at radius 2 is 2.17 bits per heavy atom. The second-order valence-electron chi connectivity index (χ2n) is 5.36. The summed E-state index contributed by atoms with van der Waals surface area (Å²) >= 11 is 1.55. The molecule has 2 heterocycles. The number of hydrogen-bond donors (Lipinski definition) is 0. The zero-order chi connectivity index (χ0) is 16.8. The Morgan fingerprint density at radius 1 is 1.43 bits per heavy atom. The summed E-state index contributed by atoms with van der Waals surface area (Å²) < 4.78 is 10.9. The topological polar surface area (TPSA) is 55.6 Å². The van der Waals surface area contributed by atoms with E-state index in [2.05, 4.69) is 18.8 Å². The number of oxazole rings is 1. The van der Waals surface area contributed by atoms with Crippen LogP contribution in [0.15, 0.2) is 21.9 Å². The smallest absolute Gasteiger partial charge is 0.276 e. The third-order valence-electron chi connectivity index (χ3n) is 3.91. The summed E-state index contributed by atoms with van der Waals surface area (Å²) in [6.07, 6.45) is 1.81. The lowest BCUT2D eigenvalue weighted by Gasteiger charge is -2.29. The van der Waals surface area contributed by atoms with Crippen molar-refractivity contribution in [2.75, 3.05) is 20.3 Å². The maximum atomic E-state index is 13.0. The molecule has 2 rings (SSSR count). The number of aryl methyl sites for hydroxylation is 1. The molecule has 0 bridgehead atoms. The van der Waals surface area contributed by atoms with E-state index in [1.165, 1.54) is 0 Å². The number of carbonyl (C=O) groups is 1. The number of aromatic nitrogens is 1. The van der Waals surface area contributed by atoms with Crippen molar-refractivity contribution < 1.29 is 13.9 Å². The van der Waals surface area contributed by atoms with E-state index in [1.54, 1.807) is 25.4 Å². The summed E-state index contributed by atoms with van der Waals surface area (Å²) in [7, 11) is 1.64.